The zero-order chi connectivity index (χ0) is 24.8. The quantitative estimate of drug-likeness (QED) is 0.541. The van der Waals surface area contributed by atoms with E-state index < -0.39 is 48.3 Å². The molecule has 13 heteroatoms. The number of aromatic nitrogens is 1. The monoisotopic (exact) mass is 478 g/mol. The highest BCUT2D eigenvalue weighted by Gasteiger charge is 2.36. The number of nitriles is 1. The Bertz CT molecular complexity index is 1010. The number of benzene rings is 1. The lowest BCUT2D eigenvalue weighted by atomic mass is 10.1. The number of nitrogens with one attached hydrogen (secondary N) is 1. The maximum Gasteiger partial charge on any atom is 0.417 e. The van der Waals surface area contributed by atoms with Crippen LogP contribution in [-0.4, -0.2) is 30.6 Å². The number of anilines is 1. The Labute approximate surface area is 184 Å². The summed E-state index contributed by atoms with van der Waals surface area (Å²) in [6.07, 6.45) is -10.1. The van der Waals surface area contributed by atoms with Crippen LogP contribution in [0.15, 0.2) is 22.7 Å². The molecule has 1 N–H and O–H groups in total. The second-order valence-electron chi connectivity index (χ2n) is 6.77. The van der Waals surface area contributed by atoms with Crippen LogP contribution in [0.4, 0.5) is 36.8 Å². The van der Waals surface area contributed by atoms with Crippen molar-refractivity contribution in [1.82, 2.24) is 10.5 Å². The fourth-order valence-electron chi connectivity index (χ4n) is 3.08. The number of alkyl carbamates (subject to hydrolysis) is 1. The predicted molar refractivity (Wildman–Crippen MR) is 103 cm³/mol. The molecule has 0 saturated heterocycles. The number of alkyl halides is 6. The Hall–Kier alpha value is -3.43. The maximum absolute atomic E-state index is 13.3. The smallest absolute Gasteiger partial charge is 0.417 e. The van der Waals surface area contributed by atoms with Gasteiger partial charge < -0.3 is 19.5 Å². The van der Waals surface area contributed by atoms with Crippen molar-refractivity contribution < 1.29 is 40.4 Å². The fourth-order valence-corrected chi connectivity index (χ4v) is 3.08. The zero-order valence-corrected chi connectivity index (χ0v) is 17.6. The topological polar surface area (TPSA) is 91.4 Å². The SMILES string of the molecule is CCOC(=O)NCc1onc(CN(CC(F)(F)F)c2ccc(C#N)c(C(F)(F)F)c2)c1CC. The molecule has 0 unspecified atom stereocenters. The van der Waals surface area contributed by atoms with Crippen LogP contribution in [0.1, 0.15) is 42.0 Å². The molecule has 0 aliphatic carbocycles. The van der Waals surface area contributed by atoms with E-state index in [1.165, 1.54) is 6.07 Å². The first kappa shape index (κ1) is 25.8. The predicted octanol–water partition coefficient (Wildman–Crippen LogP) is 4.94. The molecule has 2 aromatic rings. The number of hydrogen-bond acceptors (Lipinski definition) is 6. The Balaban J connectivity index is 2.39. The van der Waals surface area contributed by atoms with Crippen LogP contribution in [0, 0.1) is 11.3 Å². The lowest BCUT2D eigenvalue weighted by Gasteiger charge is -2.26. The van der Waals surface area contributed by atoms with Gasteiger partial charge in [-0.25, -0.2) is 4.79 Å². The lowest BCUT2D eigenvalue weighted by molar-refractivity contribution is -0.137. The molecule has 1 aromatic heterocycles. The van der Waals surface area contributed by atoms with Gasteiger partial charge in [0.05, 0.1) is 36.9 Å². The van der Waals surface area contributed by atoms with Crippen LogP contribution in [0.2, 0.25) is 0 Å². The minimum Gasteiger partial charge on any atom is -0.450 e. The van der Waals surface area contributed by atoms with Crippen LogP contribution in [0.25, 0.3) is 0 Å². The number of carbonyl (C=O) groups is 1. The molecule has 7 nitrogen and oxygen atoms in total. The van der Waals surface area contributed by atoms with Gasteiger partial charge in [-0.15, -0.1) is 0 Å². The normalized spacial score (nSPS) is 11.7. The lowest BCUT2D eigenvalue weighted by Crippen LogP contribution is -2.34. The van der Waals surface area contributed by atoms with Crippen LogP contribution < -0.4 is 10.2 Å². The molecule has 0 spiro atoms. The van der Waals surface area contributed by atoms with E-state index in [0.29, 0.717) is 16.5 Å². The molecule has 1 amide bonds. The van der Waals surface area contributed by atoms with E-state index in [1.54, 1.807) is 13.8 Å². The van der Waals surface area contributed by atoms with Crippen molar-refractivity contribution in [3.63, 3.8) is 0 Å². The van der Waals surface area contributed by atoms with E-state index in [2.05, 4.69) is 10.5 Å². The Morgan fingerprint density at radius 2 is 1.94 bits per heavy atom. The van der Waals surface area contributed by atoms with Crippen LogP contribution in [0.3, 0.4) is 0 Å². The molecular formula is C20H20F6N4O3. The van der Waals surface area contributed by atoms with E-state index in [4.69, 9.17) is 14.5 Å². The van der Waals surface area contributed by atoms with Gasteiger partial charge in [0.15, 0.2) is 5.76 Å². The second kappa shape index (κ2) is 10.5. The van der Waals surface area contributed by atoms with Gasteiger partial charge in [-0.05, 0) is 31.5 Å². The Morgan fingerprint density at radius 3 is 2.48 bits per heavy atom. The van der Waals surface area contributed by atoms with E-state index in [-0.39, 0.29) is 31.0 Å². The van der Waals surface area contributed by atoms with Gasteiger partial charge in [0.2, 0.25) is 0 Å². The molecule has 0 aliphatic rings. The van der Waals surface area contributed by atoms with Gasteiger partial charge in [0.1, 0.15) is 12.2 Å². The summed E-state index contributed by atoms with van der Waals surface area (Å²) in [5, 5.41) is 15.1. The van der Waals surface area contributed by atoms with Crippen molar-refractivity contribution >= 4 is 11.8 Å². The summed E-state index contributed by atoms with van der Waals surface area (Å²) in [5.74, 6) is 0.184. The molecular weight excluding hydrogens is 458 g/mol. The largest absolute Gasteiger partial charge is 0.450 e. The minimum atomic E-state index is -4.93. The second-order valence-corrected chi connectivity index (χ2v) is 6.77. The summed E-state index contributed by atoms with van der Waals surface area (Å²) in [4.78, 5) is 12.1. The summed E-state index contributed by atoms with van der Waals surface area (Å²) in [7, 11) is 0. The summed E-state index contributed by atoms with van der Waals surface area (Å²) in [5.41, 5.74) is -1.97. The molecule has 2 rings (SSSR count). The molecule has 0 bridgehead atoms. The fraction of sp³-hybridized carbons (Fsp3) is 0.450. The third-order valence-corrected chi connectivity index (χ3v) is 4.48. The summed E-state index contributed by atoms with van der Waals surface area (Å²) >= 11 is 0. The molecule has 0 aliphatic heterocycles. The first-order valence-electron chi connectivity index (χ1n) is 9.69. The van der Waals surface area contributed by atoms with E-state index in [9.17, 15) is 31.1 Å². The summed E-state index contributed by atoms with van der Waals surface area (Å²) < 4.78 is 89.5. The van der Waals surface area contributed by atoms with E-state index >= 15 is 0 Å². The van der Waals surface area contributed by atoms with Gasteiger partial charge >= 0.3 is 18.4 Å². The summed E-state index contributed by atoms with van der Waals surface area (Å²) in [6.45, 7) is 1.19. The number of nitrogens with zero attached hydrogens (tertiary/aromatic N) is 3. The minimum absolute atomic E-state index is 0.0697. The zero-order valence-electron chi connectivity index (χ0n) is 17.6. The van der Waals surface area contributed by atoms with E-state index in [1.807, 2.05) is 0 Å². The average molecular weight is 478 g/mol. The van der Waals surface area contributed by atoms with Crippen molar-refractivity contribution in [1.29, 1.82) is 5.26 Å². The van der Waals surface area contributed by atoms with Gasteiger partial charge in [-0.1, -0.05) is 12.1 Å². The molecule has 0 saturated carbocycles. The first-order valence-corrected chi connectivity index (χ1v) is 9.69. The van der Waals surface area contributed by atoms with Crippen molar-refractivity contribution in [2.75, 3.05) is 18.1 Å². The summed E-state index contributed by atoms with van der Waals surface area (Å²) in [6, 6.07) is 3.71. The third kappa shape index (κ3) is 7.03. The Kier molecular flexibility index (Phi) is 8.18. The van der Waals surface area contributed by atoms with Crippen LogP contribution in [0.5, 0.6) is 0 Å². The Morgan fingerprint density at radius 1 is 1.24 bits per heavy atom. The number of amides is 1. The standard InChI is InChI=1S/C20H20F6N4O3/c1-3-14-16(29-33-17(14)9-28-18(31)32-4-2)10-30(11-19(21,22)23)13-6-5-12(8-27)15(7-13)20(24,25)26/h5-7H,3-4,9-11H2,1-2H3,(H,28,31). The number of halogens is 6. The molecule has 33 heavy (non-hydrogen) atoms. The molecule has 0 fully saturated rings. The van der Waals surface area contributed by atoms with Gasteiger partial charge in [0, 0.05) is 11.3 Å². The first-order chi connectivity index (χ1) is 15.4. The van der Waals surface area contributed by atoms with Crippen molar-refractivity contribution in [3.05, 3.63) is 46.3 Å². The average Bonchev–Trinajstić information content (AvgIpc) is 3.11. The van der Waals surface area contributed by atoms with E-state index in [0.717, 1.165) is 12.1 Å². The van der Waals surface area contributed by atoms with Crippen molar-refractivity contribution in [3.8, 4) is 6.07 Å². The highest BCUT2D eigenvalue weighted by molar-refractivity contribution is 5.67. The number of rotatable bonds is 8. The highest BCUT2D eigenvalue weighted by atomic mass is 19.4. The van der Waals surface area contributed by atoms with Crippen molar-refractivity contribution in [2.24, 2.45) is 0 Å². The molecule has 0 atom stereocenters. The highest BCUT2D eigenvalue weighted by Crippen LogP contribution is 2.35. The van der Waals surface area contributed by atoms with Gasteiger partial charge in [-0.2, -0.15) is 31.6 Å². The molecule has 180 valence electrons. The van der Waals surface area contributed by atoms with Crippen molar-refractivity contribution in [2.45, 2.75) is 45.7 Å². The van der Waals surface area contributed by atoms with Gasteiger partial charge in [0.25, 0.3) is 0 Å². The third-order valence-electron chi connectivity index (χ3n) is 4.48. The number of carbonyl (C=O) groups excluding carboxylic acids is 1. The van der Waals surface area contributed by atoms with Crippen LogP contribution >= 0.6 is 0 Å². The van der Waals surface area contributed by atoms with Gasteiger partial charge in [-0.3, -0.25) is 0 Å². The molecule has 1 aromatic carbocycles. The maximum atomic E-state index is 13.3. The number of ether oxygens (including phenoxy) is 1. The van der Waals surface area contributed by atoms with Crippen LogP contribution in [-0.2, 0) is 30.4 Å². The molecule has 1 heterocycles. The number of hydrogen-bond donors (Lipinski definition) is 1. The molecule has 0 radical (unpaired) electrons.